The third kappa shape index (κ3) is 3.29. The quantitative estimate of drug-likeness (QED) is 0.739. The molecule has 1 saturated carbocycles. The largest absolute Gasteiger partial charge is 0.493 e. The number of nitrogens with one attached hydrogen (secondary N) is 1. The van der Waals surface area contributed by atoms with E-state index in [9.17, 15) is 10.2 Å². The zero-order valence-electron chi connectivity index (χ0n) is 13.2. The molecule has 1 aliphatic carbocycles. The molecule has 0 spiro atoms. The van der Waals surface area contributed by atoms with Gasteiger partial charge in [0.05, 0.1) is 32.1 Å². The van der Waals surface area contributed by atoms with Crippen molar-refractivity contribution in [2.24, 2.45) is 0 Å². The second-order valence-electron chi connectivity index (χ2n) is 5.84. The molecule has 0 amide bonds. The number of aliphatic hydroxyl groups excluding tert-OH is 2. The van der Waals surface area contributed by atoms with E-state index < -0.39 is 6.10 Å². The molecule has 126 valence electrons. The van der Waals surface area contributed by atoms with Gasteiger partial charge in [-0.3, -0.25) is 10.3 Å². The first-order chi connectivity index (χ1) is 11.3. The van der Waals surface area contributed by atoms with Crippen LogP contribution in [0.2, 0.25) is 0 Å². The van der Waals surface area contributed by atoms with Crippen molar-refractivity contribution in [1.82, 2.24) is 5.48 Å². The lowest BCUT2D eigenvalue weighted by Crippen LogP contribution is -2.19. The summed E-state index contributed by atoms with van der Waals surface area (Å²) < 4.78 is 11.5. The van der Waals surface area contributed by atoms with Crippen LogP contribution in [-0.4, -0.2) is 42.7 Å². The van der Waals surface area contributed by atoms with Crippen molar-refractivity contribution in [1.29, 1.82) is 0 Å². The Bertz CT molecular complexity index is 580. The highest BCUT2D eigenvalue weighted by Gasteiger charge is 2.27. The number of methoxy groups -OCH3 is 1. The van der Waals surface area contributed by atoms with E-state index in [1.54, 1.807) is 7.11 Å². The Hall–Kier alpha value is -1.76. The number of ether oxygens (including phenoxy) is 2. The maximum atomic E-state index is 9.55. The molecule has 1 heterocycles. The van der Waals surface area contributed by atoms with Gasteiger partial charge in [-0.05, 0) is 43.9 Å². The standard InChI is InChI=1S/C17H23NO5/c1-21-14-7-6-11(8-15(14)22-12-4-2-3-5-12)17-13(9-19)16(10-20)23-18-17/h6-8,12,16,18-20H,2-5,9-10H2,1H3. The second kappa shape index (κ2) is 7.21. The van der Waals surface area contributed by atoms with Gasteiger partial charge in [0.1, 0.15) is 6.10 Å². The Labute approximate surface area is 135 Å². The lowest BCUT2D eigenvalue weighted by molar-refractivity contribution is 0.00915. The van der Waals surface area contributed by atoms with Gasteiger partial charge < -0.3 is 19.7 Å². The molecule has 6 heteroatoms. The lowest BCUT2D eigenvalue weighted by atomic mass is 10.0. The van der Waals surface area contributed by atoms with Crippen LogP contribution >= 0.6 is 0 Å². The summed E-state index contributed by atoms with van der Waals surface area (Å²) in [4.78, 5) is 5.30. The van der Waals surface area contributed by atoms with Crippen LogP contribution < -0.4 is 15.0 Å². The van der Waals surface area contributed by atoms with E-state index in [2.05, 4.69) is 5.48 Å². The highest BCUT2D eigenvalue weighted by atomic mass is 16.7. The number of rotatable bonds is 6. The molecule has 1 atom stereocenters. The van der Waals surface area contributed by atoms with Crippen LogP contribution in [0.5, 0.6) is 11.5 Å². The summed E-state index contributed by atoms with van der Waals surface area (Å²) in [5.74, 6) is 1.38. The first kappa shape index (κ1) is 16.1. The van der Waals surface area contributed by atoms with Crippen LogP contribution in [0.4, 0.5) is 0 Å². The maximum absolute atomic E-state index is 9.55. The minimum absolute atomic E-state index is 0.182. The van der Waals surface area contributed by atoms with Crippen LogP contribution in [0.15, 0.2) is 23.8 Å². The van der Waals surface area contributed by atoms with Crippen LogP contribution in [-0.2, 0) is 4.84 Å². The molecule has 0 radical (unpaired) electrons. The minimum atomic E-state index is -0.531. The van der Waals surface area contributed by atoms with Gasteiger partial charge in [-0.25, -0.2) is 0 Å². The average Bonchev–Trinajstić information content (AvgIpc) is 3.23. The summed E-state index contributed by atoms with van der Waals surface area (Å²) in [6, 6.07) is 5.61. The number of hydroxylamine groups is 1. The van der Waals surface area contributed by atoms with Crippen LogP contribution in [0.25, 0.3) is 5.70 Å². The summed E-state index contributed by atoms with van der Waals surface area (Å²) in [5.41, 5.74) is 4.93. The normalized spacial score (nSPS) is 21.6. The number of hydrogen-bond acceptors (Lipinski definition) is 6. The molecule has 1 unspecified atom stereocenters. The third-order valence-electron chi connectivity index (χ3n) is 4.40. The molecule has 2 aliphatic rings. The van der Waals surface area contributed by atoms with Gasteiger partial charge in [-0.15, -0.1) is 0 Å². The van der Waals surface area contributed by atoms with Gasteiger partial charge in [0.2, 0.25) is 0 Å². The first-order valence-corrected chi connectivity index (χ1v) is 7.98. The van der Waals surface area contributed by atoms with Crippen molar-refractivity contribution >= 4 is 5.70 Å². The highest BCUT2D eigenvalue weighted by Crippen LogP contribution is 2.35. The molecule has 0 aromatic heterocycles. The molecule has 6 nitrogen and oxygen atoms in total. The molecule has 1 aromatic carbocycles. The van der Waals surface area contributed by atoms with Crippen molar-refractivity contribution < 1.29 is 24.5 Å². The minimum Gasteiger partial charge on any atom is -0.493 e. The fraction of sp³-hybridized carbons (Fsp3) is 0.529. The fourth-order valence-corrected chi connectivity index (χ4v) is 3.11. The van der Waals surface area contributed by atoms with E-state index in [-0.39, 0.29) is 19.3 Å². The van der Waals surface area contributed by atoms with Gasteiger partial charge in [-0.2, -0.15) is 0 Å². The zero-order chi connectivity index (χ0) is 16.2. The highest BCUT2D eigenvalue weighted by molar-refractivity contribution is 5.71. The van der Waals surface area contributed by atoms with Crippen LogP contribution in [0.1, 0.15) is 31.2 Å². The van der Waals surface area contributed by atoms with Crippen molar-refractivity contribution in [3.05, 3.63) is 29.3 Å². The van der Waals surface area contributed by atoms with Gasteiger partial charge in [0.15, 0.2) is 11.5 Å². The van der Waals surface area contributed by atoms with E-state index in [1.165, 1.54) is 12.8 Å². The van der Waals surface area contributed by atoms with E-state index in [1.807, 2.05) is 18.2 Å². The van der Waals surface area contributed by atoms with E-state index in [0.717, 1.165) is 18.4 Å². The molecule has 0 saturated heterocycles. The van der Waals surface area contributed by atoms with E-state index in [4.69, 9.17) is 14.3 Å². The molecule has 0 bridgehead atoms. The van der Waals surface area contributed by atoms with Crippen molar-refractivity contribution in [3.63, 3.8) is 0 Å². The number of aliphatic hydroxyl groups is 2. The Balaban J connectivity index is 1.90. The lowest BCUT2D eigenvalue weighted by Gasteiger charge is -2.17. The summed E-state index contributed by atoms with van der Waals surface area (Å²) in [6.45, 7) is -0.369. The monoisotopic (exact) mass is 321 g/mol. The van der Waals surface area contributed by atoms with Crippen LogP contribution in [0.3, 0.4) is 0 Å². The number of benzene rings is 1. The van der Waals surface area contributed by atoms with Gasteiger partial charge in [-0.1, -0.05) is 0 Å². The maximum Gasteiger partial charge on any atom is 0.162 e. The molecular weight excluding hydrogens is 298 g/mol. The summed E-state index contributed by atoms with van der Waals surface area (Å²) in [6.07, 6.45) is 4.21. The second-order valence-corrected chi connectivity index (χ2v) is 5.84. The molecule has 3 N–H and O–H groups in total. The average molecular weight is 321 g/mol. The fourth-order valence-electron chi connectivity index (χ4n) is 3.11. The third-order valence-corrected chi connectivity index (χ3v) is 4.40. The molecule has 3 rings (SSSR count). The topological polar surface area (TPSA) is 80.2 Å². The SMILES string of the molecule is COc1ccc(C2=C(CO)C(CO)ON2)cc1OC1CCCC1. The van der Waals surface area contributed by atoms with Crippen molar-refractivity contribution in [3.8, 4) is 11.5 Å². The Morgan fingerprint density at radius 3 is 2.65 bits per heavy atom. The zero-order valence-corrected chi connectivity index (χ0v) is 13.2. The predicted octanol–water partition coefficient (Wildman–Crippen LogP) is 1.62. The van der Waals surface area contributed by atoms with Gasteiger partial charge in [0, 0.05) is 11.1 Å². The smallest absolute Gasteiger partial charge is 0.162 e. The van der Waals surface area contributed by atoms with Crippen molar-refractivity contribution in [2.75, 3.05) is 20.3 Å². The molecule has 1 aromatic rings. The summed E-state index contributed by atoms with van der Waals surface area (Å²) in [7, 11) is 1.62. The van der Waals surface area contributed by atoms with E-state index >= 15 is 0 Å². The van der Waals surface area contributed by atoms with Crippen LogP contribution in [0, 0.1) is 0 Å². The Kier molecular flexibility index (Phi) is 5.05. The predicted molar refractivity (Wildman–Crippen MR) is 85.0 cm³/mol. The van der Waals surface area contributed by atoms with Gasteiger partial charge >= 0.3 is 0 Å². The van der Waals surface area contributed by atoms with E-state index in [0.29, 0.717) is 22.8 Å². The first-order valence-electron chi connectivity index (χ1n) is 7.98. The molecule has 1 aliphatic heterocycles. The number of hydrogen-bond donors (Lipinski definition) is 3. The van der Waals surface area contributed by atoms with Crippen molar-refractivity contribution in [2.45, 2.75) is 37.9 Å². The summed E-state index contributed by atoms with van der Waals surface area (Å²) in [5, 5.41) is 18.9. The Morgan fingerprint density at radius 2 is 2.00 bits per heavy atom. The molecule has 1 fully saturated rings. The molecular formula is C17H23NO5. The Morgan fingerprint density at radius 1 is 1.22 bits per heavy atom. The molecule has 23 heavy (non-hydrogen) atoms. The van der Waals surface area contributed by atoms with Gasteiger partial charge in [0.25, 0.3) is 0 Å². The summed E-state index contributed by atoms with van der Waals surface area (Å²) >= 11 is 0.